The van der Waals surface area contributed by atoms with Gasteiger partial charge in [-0.3, -0.25) is 4.79 Å². The number of thioether (sulfide) groups is 1. The minimum Gasteiger partial charge on any atom is -0.325 e. The first kappa shape index (κ1) is 20.2. The molecule has 1 heterocycles. The number of rotatable bonds is 7. The van der Waals surface area contributed by atoms with Crippen molar-refractivity contribution >= 4 is 34.1 Å². The van der Waals surface area contributed by atoms with Gasteiger partial charge in [0, 0.05) is 18.7 Å². The summed E-state index contributed by atoms with van der Waals surface area (Å²) in [5.41, 5.74) is 1.99. The van der Waals surface area contributed by atoms with Gasteiger partial charge in [-0.05, 0) is 42.3 Å². The van der Waals surface area contributed by atoms with E-state index in [4.69, 9.17) is 0 Å². The first-order chi connectivity index (χ1) is 14.6. The summed E-state index contributed by atoms with van der Waals surface area (Å²) in [6, 6.07) is 24.3. The van der Waals surface area contributed by atoms with Crippen LogP contribution >= 0.6 is 11.8 Å². The van der Waals surface area contributed by atoms with E-state index < -0.39 is 0 Å². The highest BCUT2D eigenvalue weighted by Crippen LogP contribution is 2.25. The van der Waals surface area contributed by atoms with Crippen molar-refractivity contribution in [3.63, 3.8) is 0 Å². The number of hydrogen-bond donors (Lipinski definition) is 1. The normalized spacial score (nSPS) is 12.1. The lowest BCUT2D eigenvalue weighted by atomic mass is 10.1. The number of anilines is 1. The molecule has 0 bridgehead atoms. The molecule has 4 aromatic rings. The summed E-state index contributed by atoms with van der Waals surface area (Å²) in [4.78, 5) is 12.8. The minimum atomic E-state index is -0.296. The van der Waals surface area contributed by atoms with E-state index in [9.17, 15) is 4.79 Å². The Morgan fingerprint density at radius 3 is 2.50 bits per heavy atom. The molecule has 0 spiro atoms. The number of nitrogens with zero attached hydrogens (tertiary/aromatic N) is 3. The molecule has 1 unspecified atom stereocenters. The molecular formula is C24H24N4OS. The molecule has 152 valence electrons. The third kappa shape index (κ3) is 4.54. The summed E-state index contributed by atoms with van der Waals surface area (Å²) in [5, 5.41) is 14.5. The zero-order valence-electron chi connectivity index (χ0n) is 17.1. The van der Waals surface area contributed by atoms with Gasteiger partial charge in [-0.25, -0.2) is 0 Å². The van der Waals surface area contributed by atoms with Crippen LogP contribution in [0.25, 0.3) is 10.8 Å². The lowest BCUT2D eigenvalue weighted by Gasteiger charge is -2.13. The molecule has 4 rings (SSSR count). The zero-order valence-corrected chi connectivity index (χ0v) is 17.9. The summed E-state index contributed by atoms with van der Waals surface area (Å²) in [5.74, 6) is 0.860. The molecule has 1 atom stereocenters. The van der Waals surface area contributed by atoms with Gasteiger partial charge >= 0.3 is 0 Å². The number of carbonyl (C=O) groups excluding carboxylic acids is 1. The molecular weight excluding hydrogens is 392 g/mol. The van der Waals surface area contributed by atoms with Crippen LogP contribution in [0.3, 0.4) is 0 Å². The molecule has 0 fully saturated rings. The van der Waals surface area contributed by atoms with Crippen LogP contribution in [0.15, 0.2) is 78.0 Å². The van der Waals surface area contributed by atoms with Gasteiger partial charge in [0.05, 0.1) is 5.25 Å². The molecule has 30 heavy (non-hydrogen) atoms. The van der Waals surface area contributed by atoms with E-state index in [0.717, 1.165) is 40.4 Å². The van der Waals surface area contributed by atoms with E-state index >= 15 is 0 Å². The van der Waals surface area contributed by atoms with Crippen LogP contribution in [0.2, 0.25) is 0 Å². The van der Waals surface area contributed by atoms with Crippen molar-refractivity contribution in [3.05, 3.63) is 84.2 Å². The number of amides is 1. The lowest BCUT2D eigenvalue weighted by molar-refractivity contribution is -0.115. The van der Waals surface area contributed by atoms with Crippen molar-refractivity contribution in [1.82, 2.24) is 14.8 Å². The van der Waals surface area contributed by atoms with Gasteiger partial charge < -0.3 is 9.88 Å². The average molecular weight is 417 g/mol. The molecule has 1 aromatic heterocycles. The topological polar surface area (TPSA) is 59.8 Å². The van der Waals surface area contributed by atoms with Crippen LogP contribution < -0.4 is 5.32 Å². The Hall–Kier alpha value is -3.12. The highest BCUT2D eigenvalue weighted by Gasteiger charge is 2.20. The summed E-state index contributed by atoms with van der Waals surface area (Å²) < 4.78 is 2.08. The van der Waals surface area contributed by atoms with Crippen LogP contribution in [-0.4, -0.2) is 25.9 Å². The van der Waals surface area contributed by atoms with E-state index in [0.29, 0.717) is 0 Å². The second kappa shape index (κ2) is 9.13. The SMILES string of the molecule is CCn1c(Cc2ccccc2)nnc1SC(C)C(=O)Nc1ccc2ccccc2c1. The van der Waals surface area contributed by atoms with Crippen LogP contribution in [0.1, 0.15) is 25.2 Å². The van der Waals surface area contributed by atoms with Gasteiger partial charge in [0.25, 0.3) is 0 Å². The molecule has 1 N–H and O–H groups in total. The van der Waals surface area contributed by atoms with Gasteiger partial charge in [-0.2, -0.15) is 0 Å². The Bertz CT molecular complexity index is 1160. The number of hydrogen-bond acceptors (Lipinski definition) is 4. The van der Waals surface area contributed by atoms with Crippen LogP contribution in [0.5, 0.6) is 0 Å². The Morgan fingerprint density at radius 1 is 1.00 bits per heavy atom. The summed E-state index contributed by atoms with van der Waals surface area (Å²) in [6.45, 7) is 4.73. The van der Waals surface area contributed by atoms with E-state index in [-0.39, 0.29) is 11.2 Å². The van der Waals surface area contributed by atoms with E-state index in [1.54, 1.807) is 0 Å². The fourth-order valence-corrected chi connectivity index (χ4v) is 4.29. The average Bonchev–Trinajstić information content (AvgIpc) is 3.15. The van der Waals surface area contributed by atoms with Crippen molar-refractivity contribution in [1.29, 1.82) is 0 Å². The fraction of sp³-hybridized carbons (Fsp3) is 0.208. The van der Waals surface area contributed by atoms with Crippen LogP contribution in [0, 0.1) is 0 Å². The van der Waals surface area contributed by atoms with E-state index in [1.165, 1.54) is 17.3 Å². The molecule has 3 aromatic carbocycles. The number of benzene rings is 3. The predicted molar refractivity (Wildman–Crippen MR) is 123 cm³/mol. The van der Waals surface area contributed by atoms with Gasteiger partial charge in [0.2, 0.25) is 5.91 Å². The summed E-state index contributed by atoms with van der Waals surface area (Å²) in [6.07, 6.45) is 0.722. The Morgan fingerprint density at radius 2 is 1.73 bits per heavy atom. The first-order valence-corrected chi connectivity index (χ1v) is 10.9. The lowest BCUT2D eigenvalue weighted by Crippen LogP contribution is -2.23. The summed E-state index contributed by atoms with van der Waals surface area (Å²) in [7, 11) is 0. The van der Waals surface area contributed by atoms with Crippen molar-refractivity contribution in [3.8, 4) is 0 Å². The van der Waals surface area contributed by atoms with E-state index in [1.807, 2.05) is 61.5 Å². The molecule has 0 radical (unpaired) electrons. The van der Waals surface area contributed by atoms with Crippen molar-refractivity contribution in [2.45, 2.75) is 37.2 Å². The Labute approximate surface area is 180 Å². The second-order valence-corrected chi connectivity index (χ2v) is 8.42. The third-order valence-corrected chi connectivity index (χ3v) is 6.06. The first-order valence-electron chi connectivity index (χ1n) is 10.1. The van der Waals surface area contributed by atoms with Crippen LogP contribution in [0.4, 0.5) is 5.69 Å². The molecule has 0 aliphatic heterocycles. The maximum atomic E-state index is 12.8. The molecule has 0 aliphatic rings. The molecule has 0 saturated heterocycles. The highest BCUT2D eigenvalue weighted by atomic mass is 32.2. The van der Waals surface area contributed by atoms with Gasteiger partial charge in [0.1, 0.15) is 5.82 Å². The van der Waals surface area contributed by atoms with Crippen molar-refractivity contribution in [2.75, 3.05) is 5.32 Å². The number of aromatic nitrogens is 3. The maximum Gasteiger partial charge on any atom is 0.237 e. The largest absolute Gasteiger partial charge is 0.325 e. The molecule has 0 aliphatic carbocycles. The third-order valence-electron chi connectivity index (χ3n) is 4.98. The molecule has 5 nitrogen and oxygen atoms in total. The summed E-state index contributed by atoms with van der Waals surface area (Å²) >= 11 is 1.43. The highest BCUT2D eigenvalue weighted by molar-refractivity contribution is 8.00. The smallest absolute Gasteiger partial charge is 0.237 e. The molecule has 1 amide bonds. The number of nitrogens with one attached hydrogen (secondary N) is 1. The number of carbonyl (C=O) groups is 1. The Kier molecular flexibility index (Phi) is 6.14. The maximum absolute atomic E-state index is 12.8. The number of fused-ring (bicyclic) bond motifs is 1. The quantitative estimate of drug-likeness (QED) is 0.423. The fourth-order valence-electron chi connectivity index (χ4n) is 3.36. The van der Waals surface area contributed by atoms with E-state index in [2.05, 4.69) is 45.2 Å². The molecule has 0 saturated carbocycles. The standard InChI is InChI=1S/C24H24N4OS/c1-3-28-22(15-18-9-5-4-6-10-18)26-27-24(28)30-17(2)23(29)25-21-14-13-19-11-7-8-12-20(19)16-21/h4-14,16-17H,3,15H2,1-2H3,(H,25,29). The van der Waals surface area contributed by atoms with Gasteiger partial charge in [-0.15, -0.1) is 10.2 Å². The van der Waals surface area contributed by atoms with Crippen molar-refractivity contribution in [2.24, 2.45) is 0 Å². The predicted octanol–water partition coefficient (Wildman–Crippen LogP) is 5.16. The van der Waals surface area contributed by atoms with Crippen molar-refractivity contribution < 1.29 is 4.79 Å². The monoisotopic (exact) mass is 416 g/mol. The van der Waals surface area contributed by atoms with Gasteiger partial charge in [-0.1, -0.05) is 72.4 Å². The van der Waals surface area contributed by atoms with Crippen LogP contribution in [-0.2, 0) is 17.8 Å². The Balaban J connectivity index is 1.44. The molecule has 6 heteroatoms. The van der Waals surface area contributed by atoms with Gasteiger partial charge in [0.15, 0.2) is 5.16 Å². The zero-order chi connectivity index (χ0) is 20.9. The second-order valence-electron chi connectivity index (χ2n) is 7.12. The minimum absolute atomic E-state index is 0.0504.